The molecule has 2 aromatic carbocycles. The molecule has 1 saturated heterocycles. The maximum absolute atomic E-state index is 13.3. The lowest BCUT2D eigenvalue weighted by atomic mass is 9.89. The van der Waals surface area contributed by atoms with Gasteiger partial charge in [-0.15, -0.1) is 0 Å². The third-order valence-electron chi connectivity index (χ3n) is 6.59. The van der Waals surface area contributed by atoms with Crippen molar-refractivity contribution in [3.05, 3.63) is 65.5 Å². The Morgan fingerprint density at radius 3 is 2.50 bits per heavy atom. The highest BCUT2D eigenvalue weighted by atomic mass is 16.5. The number of aromatic amines is 1. The number of carbonyl (C=O) groups is 1. The van der Waals surface area contributed by atoms with Crippen molar-refractivity contribution in [3.63, 3.8) is 0 Å². The molecule has 4 aromatic rings. The SMILES string of the molecule is COc1ccc2cc(C(=O)N3CCC(c4c[nH]c5ccc(OC)cc45)CC3)c(C)nc2c1. The molecule has 1 amide bonds. The smallest absolute Gasteiger partial charge is 0.255 e. The Balaban J connectivity index is 1.34. The van der Waals surface area contributed by atoms with Crippen molar-refractivity contribution in [2.24, 2.45) is 0 Å². The summed E-state index contributed by atoms with van der Waals surface area (Å²) in [4.78, 5) is 23.3. The molecule has 1 aliphatic heterocycles. The number of aryl methyl sites for hydroxylation is 1. The normalized spacial score (nSPS) is 14.8. The number of nitrogens with one attached hydrogen (secondary N) is 1. The van der Waals surface area contributed by atoms with Gasteiger partial charge in [0.25, 0.3) is 5.91 Å². The van der Waals surface area contributed by atoms with E-state index in [9.17, 15) is 4.79 Å². The van der Waals surface area contributed by atoms with E-state index >= 15 is 0 Å². The van der Waals surface area contributed by atoms with Crippen LogP contribution in [0.5, 0.6) is 11.5 Å². The highest BCUT2D eigenvalue weighted by Gasteiger charge is 2.27. The first-order valence-corrected chi connectivity index (χ1v) is 11.0. The average molecular weight is 430 g/mol. The molecule has 0 unspecified atom stereocenters. The van der Waals surface area contributed by atoms with Crippen molar-refractivity contribution in [2.75, 3.05) is 27.3 Å². The van der Waals surface area contributed by atoms with E-state index in [1.54, 1.807) is 14.2 Å². The molecule has 0 radical (unpaired) electrons. The van der Waals surface area contributed by atoms with E-state index in [0.717, 1.165) is 59.5 Å². The number of pyridine rings is 1. The molecule has 6 heteroatoms. The maximum Gasteiger partial charge on any atom is 0.255 e. The first-order valence-electron chi connectivity index (χ1n) is 11.0. The molecule has 32 heavy (non-hydrogen) atoms. The van der Waals surface area contributed by atoms with Crippen molar-refractivity contribution < 1.29 is 14.3 Å². The molecule has 5 rings (SSSR count). The number of hydrogen-bond donors (Lipinski definition) is 1. The minimum Gasteiger partial charge on any atom is -0.497 e. The molecule has 3 heterocycles. The Labute approximate surface area is 187 Å². The highest BCUT2D eigenvalue weighted by Crippen LogP contribution is 2.35. The van der Waals surface area contributed by atoms with E-state index < -0.39 is 0 Å². The molecule has 1 fully saturated rings. The molecular weight excluding hydrogens is 402 g/mol. The summed E-state index contributed by atoms with van der Waals surface area (Å²) in [5.74, 6) is 2.11. The van der Waals surface area contributed by atoms with E-state index in [-0.39, 0.29) is 5.91 Å². The van der Waals surface area contributed by atoms with Crippen molar-refractivity contribution in [1.82, 2.24) is 14.9 Å². The second kappa shape index (κ2) is 8.19. The number of rotatable bonds is 4. The zero-order chi connectivity index (χ0) is 22.2. The predicted octanol–water partition coefficient (Wildman–Crippen LogP) is 5.06. The van der Waals surface area contributed by atoms with Crippen LogP contribution in [0.4, 0.5) is 0 Å². The van der Waals surface area contributed by atoms with E-state index in [0.29, 0.717) is 11.5 Å². The standard InChI is InChI=1S/C26H27N3O3/c1-16-21(12-18-4-5-20(32-3)14-25(18)28-16)26(30)29-10-8-17(9-11-29)23-15-27-24-7-6-19(31-2)13-22(23)24/h4-7,12-15,17,27H,8-11H2,1-3H3. The first-order chi connectivity index (χ1) is 15.6. The van der Waals surface area contributed by atoms with Crippen molar-refractivity contribution >= 4 is 27.7 Å². The lowest BCUT2D eigenvalue weighted by Gasteiger charge is -2.32. The van der Waals surface area contributed by atoms with Gasteiger partial charge in [0.1, 0.15) is 11.5 Å². The van der Waals surface area contributed by atoms with Gasteiger partial charge < -0.3 is 19.4 Å². The van der Waals surface area contributed by atoms with Gasteiger partial charge >= 0.3 is 0 Å². The van der Waals surface area contributed by atoms with Crippen LogP contribution >= 0.6 is 0 Å². The molecule has 0 aliphatic carbocycles. The van der Waals surface area contributed by atoms with Crippen LogP contribution in [0.3, 0.4) is 0 Å². The topological polar surface area (TPSA) is 67.5 Å². The number of H-pyrrole nitrogens is 1. The third kappa shape index (κ3) is 3.55. The lowest BCUT2D eigenvalue weighted by molar-refractivity contribution is 0.0712. The fourth-order valence-corrected chi connectivity index (χ4v) is 4.74. The largest absolute Gasteiger partial charge is 0.497 e. The number of methoxy groups -OCH3 is 2. The van der Waals surface area contributed by atoms with Crippen LogP contribution in [-0.2, 0) is 0 Å². The summed E-state index contributed by atoms with van der Waals surface area (Å²) < 4.78 is 10.7. The van der Waals surface area contributed by atoms with E-state index in [1.165, 1.54) is 10.9 Å². The van der Waals surface area contributed by atoms with Crippen LogP contribution in [-0.4, -0.2) is 48.1 Å². The van der Waals surface area contributed by atoms with Crippen LogP contribution in [0.25, 0.3) is 21.8 Å². The Bertz CT molecular complexity index is 1300. The third-order valence-corrected chi connectivity index (χ3v) is 6.59. The van der Waals surface area contributed by atoms with Gasteiger partial charge in [-0.25, -0.2) is 0 Å². The number of aromatic nitrogens is 2. The number of ether oxygens (including phenoxy) is 2. The summed E-state index contributed by atoms with van der Waals surface area (Å²) in [7, 11) is 3.33. The van der Waals surface area contributed by atoms with Crippen LogP contribution in [0.1, 0.15) is 40.4 Å². The average Bonchev–Trinajstić information content (AvgIpc) is 3.26. The van der Waals surface area contributed by atoms with Crippen LogP contribution in [0, 0.1) is 6.92 Å². The molecular formula is C26H27N3O3. The zero-order valence-corrected chi connectivity index (χ0v) is 18.6. The number of carbonyl (C=O) groups excluding carboxylic acids is 1. The Kier molecular flexibility index (Phi) is 5.21. The monoisotopic (exact) mass is 429 g/mol. The number of hydrogen-bond acceptors (Lipinski definition) is 4. The van der Waals surface area contributed by atoms with Gasteiger partial charge in [-0.05, 0) is 67.6 Å². The van der Waals surface area contributed by atoms with Gasteiger partial charge in [-0.1, -0.05) is 0 Å². The summed E-state index contributed by atoms with van der Waals surface area (Å²) in [6, 6.07) is 13.8. The van der Waals surface area contributed by atoms with Gasteiger partial charge in [-0.3, -0.25) is 9.78 Å². The van der Waals surface area contributed by atoms with Gasteiger partial charge in [0.2, 0.25) is 0 Å². The fourth-order valence-electron chi connectivity index (χ4n) is 4.74. The number of amides is 1. The van der Waals surface area contributed by atoms with Gasteiger partial charge in [0.05, 0.1) is 31.0 Å². The number of fused-ring (bicyclic) bond motifs is 2. The lowest BCUT2D eigenvalue weighted by Crippen LogP contribution is -2.38. The van der Waals surface area contributed by atoms with E-state index in [4.69, 9.17) is 9.47 Å². The first kappa shape index (κ1) is 20.4. The van der Waals surface area contributed by atoms with Crippen LogP contribution in [0.15, 0.2) is 48.7 Å². The summed E-state index contributed by atoms with van der Waals surface area (Å²) in [6.45, 7) is 3.37. The molecule has 6 nitrogen and oxygen atoms in total. The highest BCUT2D eigenvalue weighted by molar-refractivity contribution is 5.99. The molecule has 0 saturated carbocycles. The summed E-state index contributed by atoms with van der Waals surface area (Å²) in [5.41, 5.74) is 4.70. The Morgan fingerprint density at radius 1 is 1.03 bits per heavy atom. The molecule has 0 spiro atoms. The number of piperidine rings is 1. The molecule has 164 valence electrons. The molecule has 2 aromatic heterocycles. The summed E-state index contributed by atoms with van der Waals surface area (Å²) in [5, 5.41) is 2.15. The number of benzene rings is 2. The predicted molar refractivity (Wildman–Crippen MR) is 126 cm³/mol. The molecule has 1 N–H and O–H groups in total. The van der Waals surface area contributed by atoms with Gasteiger partial charge in [-0.2, -0.15) is 0 Å². The molecule has 0 atom stereocenters. The van der Waals surface area contributed by atoms with Crippen molar-refractivity contribution in [2.45, 2.75) is 25.7 Å². The van der Waals surface area contributed by atoms with E-state index in [1.807, 2.05) is 42.2 Å². The fraction of sp³-hybridized carbons (Fsp3) is 0.308. The summed E-state index contributed by atoms with van der Waals surface area (Å²) >= 11 is 0. The molecule has 1 aliphatic rings. The second-order valence-corrected chi connectivity index (χ2v) is 8.40. The van der Waals surface area contributed by atoms with Gasteiger partial charge in [0.15, 0.2) is 0 Å². The van der Waals surface area contributed by atoms with Gasteiger partial charge in [0, 0.05) is 41.6 Å². The quantitative estimate of drug-likeness (QED) is 0.492. The number of likely N-dealkylation sites (tertiary alicyclic amines) is 1. The van der Waals surface area contributed by atoms with E-state index in [2.05, 4.69) is 28.3 Å². The second-order valence-electron chi connectivity index (χ2n) is 8.40. The minimum atomic E-state index is 0.0618. The Hall–Kier alpha value is -3.54. The van der Waals surface area contributed by atoms with Crippen LogP contribution < -0.4 is 9.47 Å². The van der Waals surface area contributed by atoms with Crippen molar-refractivity contribution in [1.29, 1.82) is 0 Å². The number of nitrogens with zero attached hydrogens (tertiary/aromatic N) is 2. The zero-order valence-electron chi connectivity index (χ0n) is 18.6. The summed E-state index contributed by atoms with van der Waals surface area (Å²) in [6.07, 6.45) is 3.98. The van der Waals surface area contributed by atoms with Crippen molar-refractivity contribution in [3.8, 4) is 11.5 Å². The molecule has 0 bridgehead atoms. The minimum absolute atomic E-state index is 0.0618. The van der Waals surface area contributed by atoms with Crippen LogP contribution in [0.2, 0.25) is 0 Å². The maximum atomic E-state index is 13.3. The Morgan fingerprint density at radius 2 is 1.75 bits per heavy atom.